The number of aliphatic imine (C=N–C) groups is 1. The Morgan fingerprint density at radius 1 is 1.10 bits per heavy atom. The lowest BCUT2D eigenvalue weighted by Crippen LogP contribution is -2.48. The molecule has 0 unspecified atom stereocenters. The first-order chi connectivity index (χ1) is 13.3. The van der Waals surface area contributed by atoms with Gasteiger partial charge in [-0.3, -0.25) is 0 Å². The van der Waals surface area contributed by atoms with Crippen molar-refractivity contribution in [3.8, 4) is 0 Å². The number of halogens is 4. The van der Waals surface area contributed by atoms with Crippen molar-refractivity contribution in [2.75, 3.05) is 19.7 Å². The number of nitrogens with zero attached hydrogens (tertiary/aromatic N) is 1. The van der Waals surface area contributed by atoms with Crippen molar-refractivity contribution in [1.29, 1.82) is 0 Å². The minimum atomic E-state index is -4.31. The fourth-order valence-electron chi connectivity index (χ4n) is 3.17. The van der Waals surface area contributed by atoms with Gasteiger partial charge < -0.3 is 20.5 Å². The summed E-state index contributed by atoms with van der Waals surface area (Å²) < 4.78 is 41.0. The Hall–Kier alpha value is -1.07. The van der Waals surface area contributed by atoms with Crippen LogP contribution in [0.25, 0.3) is 0 Å². The topological polar surface area (TPSA) is 65.9 Å². The van der Waals surface area contributed by atoms with Gasteiger partial charge in [0.2, 0.25) is 0 Å². The van der Waals surface area contributed by atoms with Gasteiger partial charge in [-0.25, -0.2) is 4.99 Å². The fraction of sp³-hybridized carbons (Fsp3) is 0.650. The van der Waals surface area contributed by atoms with Gasteiger partial charge in [-0.2, -0.15) is 13.2 Å². The summed E-state index contributed by atoms with van der Waals surface area (Å²) in [5.74, 6) is 0.638. The average Bonchev–Trinajstić information content (AvgIpc) is 2.65. The van der Waals surface area contributed by atoms with Crippen molar-refractivity contribution < 1.29 is 23.0 Å². The lowest BCUT2D eigenvalue weighted by atomic mass is 9.85. The molecule has 2 rings (SSSR count). The van der Waals surface area contributed by atoms with Crippen LogP contribution in [-0.2, 0) is 17.9 Å². The van der Waals surface area contributed by atoms with Crippen LogP contribution < -0.4 is 10.6 Å². The Balaban J connectivity index is 0.00000420. The Labute approximate surface area is 187 Å². The highest BCUT2D eigenvalue weighted by Crippen LogP contribution is 2.27. The van der Waals surface area contributed by atoms with Crippen LogP contribution in [0.2, 0.25) is 0 Å². The van der Waals surface area contributed by atoms with E-state index in [0.717, 1.165) is 31.2 Å². The molecule has 9 heteroatoms. The first kappa shape index (κ1) is 26.0. The second-order valence-electron chi connectivity index (χ2n) is 7.26. The van der Waals surface area contributed by atoms with E-state index in [1.54, 1.807) is 12.1 Å². The van der Waals surface area contributed by atoms with Crippen LogP contribution in [0.5, 0.6) is 0 Å². The number of aliphatic hydroxyl groups is 1. The molecule has 0 amide bonds. The number of alkyl halides is 3. The van der Waals surface area contributed by atoms with Crippen LogP contribution in [0.4, 0.5) is 13.2 Å². The number of guanidine groups is 1. The molecule has 0 aromatic heterocycles. The summed E-state index contributed by atoms with van der Waals surface area (Å²) in [5.41, 5.74) is 0.946. The quantitative estimate of drug-likeness (QED) is 0.269. The second-order valence-corrected chi connectivity index (χ2v) is 7.26. The van der Waals surface area contributed by atoms with Gasteiger partial charge >= 0.3 is 6.18 Å². The molecule has 1 aromatic rings. The molecule has 0 saturated heterocycles. The standard InChI is InChI=1S/C20H30F3N3O2.HI/c1-2-24-18(26-14-19(27)10-4-3-5-11-19)25-12-16-6-8-17(9-7-16)13-28-15-20(21,22)23;/h6-9,27H,2-5,10-15H2,1H3,(H2,24,25,26);1H. The number of ether oxygens (including phenoxy) is 1. The van der Waals surface area contributed by atoms with E-state index >= 15 is 0 Å². The maximum Gasteiger partial charge on any atom is 0.411 e. The monoisotopic (exact) mass is 529 g/mol. The third-order valence-electron chi connectivity index (χ3n) is 4.69. The van der Waals surface area contributed by atoms with E-state index in [4.69, 9.17) is 0 Å². The molecule has 0 bridgehead atoms. The largest absolute Gasteiger partial charge is 0.411 e. The highest BCUT2D eigenvalue weighted by molar-refractivity contribution is 14.0. The molecule has 29 heavy (non-hydrogen) atoms. The number of benzene rings is 1. The molecule has 0 heterocycles. The zero-order chi connectivity index (χ0) is 20.5. The molecule has 1 aliphatic rings. The van der Waals surface area contributed by atoms with Gasteiger partial charge in [-0.05, 0) is 30.9 Å². The summed E-state index contributed by atoms with van der Waals surface area (Å²) in [4.78, 5) is 4.53. The van der Waals surface area contributed by atoms with E-state index in [1.165, 1.54) is 6.42 Å². The summed E-state index contributed by atoms with van der Waals surface area (Å²) in [6.45, 7) is 2.25. The van der Waals surface area contributed by atoms with Gasteiger partial charge in [0.15, 0.2) is 5.96 Å². The van der Waals surface area contributed by atoms with Crippen molar-refractivity contribution in [1.82, 2.24) is 10.6 Å². The fourth-order valence-corrected chi connectivity index (χ4v) is 3.17. The van der Waals surface area contributed by atoms with Crippen LogP contribution in [0.15, 0.2) is 29.3 Å². The minimum absolute atomic E-state index is 0. The molecule has 3 N–H and O–H groups in total. The summed E-state index contributed by atoms with van der Waals surface area (Å²) in [6.07, 6.45) is 0.563. The van der Waals surface area contributed by atoms with Crippen LogP contribution in [0.1, 0.15) is 50.2 Å². The van der Waals surface area contributed by atoms with Crippen molar-refractivity contribution in [2.24, 2.45) is 4.99 Å². The van der Waals surface area contributed by atoms with E-state index in [9.17, 15) is 18.3 Å². The number of nitrogens with one attached hydrogen (secondary N) is 2. The van der Waals surface area contributed by atoms with Crippen molar-refractivity contribution in [3.63, 3.8) is 0 Å². The normalized spacial score (nSPS) is 16.8. The van der Waals surface area contributed by atoms with Gasteiger partial charge in [-0.1, -0.05) is 43.5 Å². The smallest absolute Gasteiger partial charge is 0.388 e. The molecule has 0 atom stereocenters. The summed E-state index contributed by atoms with van der Waals surface area (Å²) in [5, 5.41) is 17.0. The predicted molar refractivity (Wildman–Crippen MR) is 118 cm³/mol. The SMILES string of the molecule is CCNC(=NCc1ccc(COCC(F)(F)F)cc1)NCC1(O)CCCCC1.I. The molecular formula is C20H31F3IN3O2. The number of rotatable bonds is 8. The third kappa shape index (κ3) is 10.5. The molecule has 0 aliphatic heterocycles. The van der Waals surface area contributed by atoms with Crippen LogP contribution in [0.3, 0.4) is 0 Å². The molecule has 1 fully saturated rings. The molecule has 0 spiro atoms. The van der Waals surface area contributed by atoms with Gasteiger partial charge in [0, 0.05) is 13.1 Å². The zero-order valence-corrected chi connectivity index (χ0v) is 19.1. The summed E-state index contributed by atoms with van der Waals surface area (Å²) >= 11 is 0. The van der Waals surface area contributed by atoms with Gasteiger partial charge in [0.25, 0.3) is 0 Å². The van der Waals surface area contributed by atoms with E-state index in [2.05, 4.69) is 20.4 Å². The third-order valence-corrected chi connectivity index (χ3v) is 4.69. The first-order valence-corrected chi connectivity index (χ1v) is 9.76. The van der Waals surface area contributed by atoms with E-state index < -0.39 is 18.4 Å². The van der Waals surface area contributed by atoms with Gasteiger partial charge in [0.1, 0.15) is 6.61 Å². The van der Waals surface area contributed by atoms with Crippen LogP contribution >= 0.6 is 24.0 Å². The van der Waals surface area contributed by atoms with Gasteiger partial charge in [0.05, 0.1) is 18.8 Å². The Bertz CT molecular complexity index is 618. The van der Waals surface area contributed by atoms with E-state index in [1.807, 2.05) is 19.1 Å². The Kier molecular flexibility index (Phi) is 11.3. The van der Waals surface area contributed by atoms with Gasteiger partial charge in [-0.15, -0.1) is 24.0 Å². The Morgan fingerprint density at radius 3 is 2.31 bits per heavy atom. The zero-order valence-electron chi connectivity index (χ0n) is 16.7. The molecule has 1 aliphatic carbocycles. The summed E-state index contributed by atoms with van der Waals surface area (Å²) in [6, 6.07) is 7.14. The Morgan fingerprint density at radius 2 is 1.72 bits per heavy atom. The summed E-state index contributed by atoms with van der Waals surface area (Å²) in [7, 11) is 0. The van der Waals surface area contributed by atoms with Crippen LogP contribution in [0, 0.1) is 0 Å². The van der Waals surface area contributed by atoms with Crippen LogP contribution in [-0.4, -0.2) is 42.5 Å². The lowest BCUT2D eigenvalue weighted by Gasteiger charge is -2.32. The number of hydrogen-bond donors (Lipinski definition) is 3. The first-order valence-electron chi connectivity index (χ1n) is 9.76. The lowest BCUT2D eigenvalue weighted by molar-refractivity contribution is -0.176. The molecule has 0 radical (unpaired) electrons. The predicted octanol–water partition coefficient (Wildman–Crippen LogP) is 4.13. The molecule has 1 saturated carbocycles. The minimum Gasteiger partial charge on any atom is -0.388 e. The molecule has 166 valence electrons. The molecule has 1 aromatic carbocycles. The highest BCUT2D eigenvalue weighted by Gasteiger charge is 2.29. The molecule has 5 nitrogen and oxygen atoms in total. The van der Waals surface area contributed by atoms with Crippen molar-refractivity contribution >= 4 is 29.9 Å². The van der Waals surface area contributed by atoms with Crippen molar-refractivity contribution in [2.45, 2.75) is 64.0 Å². The highest BCUT2D eigenvalue weighted by atomic mass is 127. The maximum atomic E-state index is 12.1. The average molecular weight is 529 g/mol. The maximum absolute atomic E-state index is 12.1. The van der Waals surface area contributed by atoms with E-state index in [-0.39, 0.29) is 30.6 Å². The number of hydrogen-bond acceptors (Lipinski definition) is 3. The second kappa shape index (κ2) is 12.6. The van der Waals surface area contributed by atoms with Crippen molar-refractivity contribution in [3.05, 3.63) is 35.4 Å². The van der Waals surface area contributed by atoms with E-state index in [0.29, 0.717) is 31.2 Å². The molecular weight excluding hydrogens is 498 g/mol.